The molecule has 3 heteroatoms. The average molecular weight is 274 g/mol. The molecule has 0 unspecified atom stereocenters. The second-order valence-corrected chi connectivity index (χ2v) is 7.67. The zero-order chi connectivity index (χ0) is 15.1. The third-order valence-electron chi connectivity index (χ3n) is 6.13. The number of fused-ring (bicyclic) bond motifs is 1. The molecule has 20 heavy (non-hydrogen) atoms. The first kappa shape index (κ1) is 15.3. The zero-order valence-corrected chi connectivity index (χ0v) is 13.1. The maximum Gasteiger partial charge on any atom is 0.0807 e. The van der Waals surface area contributed by atoms with Crippen LogP contribution < -0.4 is 0 Å². The number of hydrogen-bond donors (Lipinski definition) is 1. The second-order valence-electron chi connectivity index (χ2n) is 7.67. The van der Waals surface area contributed by atoms with Gasteiger partial charge in [0, 0.05) is 0 Å². The molecule has 3 nitrogen and oxygen atoms in total. The Morgan fingerprint density at radius 1 is 1.05 bits per heavy atom. The van der Waals surface area contributed by atoms with Crippen LogP contribution in [0, 0.1) is 57.2 Å². The van der Waals surface area contributed by atoms with Crippen molar-refractivity contribution in [2.24, 2.45) is 34.5 Å². The van der Waals surface area contributed by atoms with Crippen LogP contribution in [0.3, 0.4) is 0 Å². The number of aliphatic hydroxyl groups is 1. The molecule has 0 radical (unpaired) electrons. The minimum Gasteiger partial charge on any atom is -0.391 e. The second kappa shape index (κ2) is 5.05. The van der Waals surface area contributed by atoms with E-state index >= 15 is 0 Å². The molecule has 2 aliphatic rings. The van der Waals surface area contributed by atoms with Gasteiger partial charge in [0.05, 0.1) is 29.1 Å². The third kappa shape index (κ3) is 2.13. The van der Waals surface area contributed by atoms with E-state index in [1.807, 2.05) is 13.8 Å². The van der Waals surface area contributed by atoms with Gasteiger partial charge in [0.2, 0.25) is 0 Å². The van der Waals surface area contributed by atoms with Crippen molar-refractivity contribution in [1.29, 1.82) is 10.5 Å². The molecule has 0 aromatic carbocycles. The molecular formula is C17H26N2O. The minimum atomic E-state index is -0.651. The van der Waals surface area contributed by atoms with Crippen LogP contribution >= 0.6 is 0 Å². The molecule has 0 amide bonds. The van der Waals surface area contributed by atoms with Crippen LogP contribution in [0.1, 0.15) is 53.4 Å². The Kier molecular flexibility index (Phi) is 3.87. The summed E-state index contributed by atoms with van der Waals surface area (Å²) < 4.78 is 0. The Labute approximate surface area is 122 Å². The summed E-state index contributed by atoms with van der Waals surface area (Å²) >= 11 is 0. The highest BCUT2D eigenvalue weighted by Crippen LogP contribution is 2.57. The van der Waals surface area contributed by atoms with Crippen LogP contribution in [0.5, 0.6) is 0 Å². The van der Waals surface area contributed by atoms with Crippen molar-refractivity contribution in [2.45, 2.75) is 59.5 Å². The van der Waals surface area contributed by atoms with Crippen molar-refractivity contribution in [3.05, 3.63) is 0 Å². The molecule has 6 atom stereocenters. The van der Waals surface area contributed by atoms with Crippen LogP contribution in [0.25, 0.3) is 0 Å². The summed E-state index contributed by atoms with van der Waals surface area (Å²) in [5.74, 6) is 1.22. The van der Waals surface area contributed by atoms with Gasteiger partial charge in [-0.1, -0.05) is 13.8 Å². The monoisotopic (exact) mass is 274 g/mol. The molecule has 1 N–H and O–H groups in total. The molecule has 0 spiro atoms. The van der Waals surface area contributed by atoms with E-state index in [1.165, 1.54) is 0 Å². The van der Waals surface area contributed by atoms with E-state index in [4.69, 9.17) is 0 Å². The van der Waals surface area contributed by atoms with Crippen LogP contribution in [0.4, 0.5) is 0 Å². The fraction of sp³-hybridized carbons (Fsp3) is 0.882. The summed E-state index contributed by atoms with van der Waals surface area (Å²) in [6, 6.07) is 4.85. The summed E-state index contributed by atoms with van der Waals surface area (Å²) in [5, 5.41) is 29.9. The maximum atomic E-state index is 10.8. The summed E-state index contributed by atoms with van der Waals surface area (Å²) in [4.78, 5) is 0. The number of nitrogens with zero attached hydrogens (tertiary/aromatic N) is 2. The first-order chi connectivity index (χ1) is 9.29. The van der Waals surface area contributed by atoms with Crippen molar-refractivity contribution in [2.75, 3.05) is 0 Å². The van der Waals surface area contributed by atoms with Crippen molar-refractivity contribution >= 4 is 0 Å². The van der Waals surface area contributed by atoms with Crippen LogP contribution in [-0.4, -0.2) is 11.2 Å². The predicted molar refractivity (Wildman–Crippen MR) is 77.2 cm³/mol. The SMILES string of the molecule is CC(C)[C@H]1CC[C@@](C)(C#N)[C@H]2CC[C@@](C)(C#N)[C@H](O)[C@H]12. The zero-order valence-electron chi connectivity index (χ0n) is 13.1. The lowest BCUT2D eigenvalue weighted by atomic mass is 9.49. The van der Waals surface area contributed by atoms with Crippen molar-refractivity contribution in [3.63, 3.8) is 0 Å². The van der Waals surface area contributed by atoms with Gasteiger partial charge in [0.25, 0.3) is 0 Å². The summed E-state index contributed by atoms with van der Waals surface area (Å²) in [7, 11) is 0. The van der Waals surface area contributed by atoms with Gasteiger partial charge in [-0.25, -0.2) is 0 Å². The van der Waals surface area contributed by atoms with Gasteiger partial charge in [-0.15, -0.1) is 0 Å². The lowest BCUT2D eigenvalue weighted by Crippen LogP contribution is -2.55. The van der Waals surface area contributed by atoms with Crippen LogP contribution in [-0.2, 0) is 0 Å². The van der Waals surface area contributed by atoms with Gasteiger partial charge >= 0.3 is 0 Å². The normalized spacial score (nSPS) is 48.2. The lowest BCUT2D eigenvalue weighted by Gasteiger charge is -2.55. The van der Waals surface area contributed by atoms with E-state index in [9.17, 15) is 15.6 Å². The van der Waals surface area contributed by atoms with Gasteiger partial charge in [-0.3, -0.25) is 0 Å². The van der Waals surface area contributed by atoms with E-state index in [0.29, 0.717) is 18.3 Å². The molecule has 0 aromatic rings. The molecular weight excluding hydrogens is 248 g/mol. The van der Waals surface area contributed by atoms with Crippen molar-refractivity contribution in [1.82, 2.24) is 0 Å². The fourth-order valence-corrected chi connectivity index (χ4v) is 4.60. The van der Waals surface area contributed by atoms with Gasteiger partial charge < -0.3 is 5.11 Å². The van der Waals surface area contributed by atoms with Gasteiger partial charge in [0.15, 0.2) is 0 Å². The molecule has 0 bridgehead atoms. The molecule has 110 valence electrons. The Morgan fingerprint density at radius 3 is 2.10 bits per heavy atom. The minimum absolute atomic E-state index is 0.0896. The van der Waals surface area contributed by atoms with E-state index < -0.39 is 11.5 Å². The van der Waals surface area contributed by atoms with E-state index in [2.05, 4.69) is 26.0 Å². The quantitative estimate of drug-likeness (QED) is 0.795. The summed E-state index contributed by atoms with van der Waals surface area (Å²) in [5.41, 5.74) is -0.990. The highest BCUT2D eigenvalue weighted by Gasteiger charge is 2.56. The maximum absolute atomic E-state index is 10.8. The van der Waals surface area contributed by atoms with Gasteiger partial charge in [0.1, 0.15) is 0 Å². The Bertz CT molecular complexity index is 461. The van der Waals surface area contributed by atoms with Crippen LogP contribution in [0.15, 0.2) is 0 Å². The highest BCUT2D eigenvalue weighted by molar-refractivity contribution is 5.15. The van der Waals surface area contributed by atoms with E-state index in [1.54, 1.807) is 0 Å². The summed E-state index contributed by atoms with van der Waals surface area (Å²) in [6.07, 6.45) is 2.89. The van der Waals surface area contributed by atoms with Crippen LogP contribution in [0.2, 0.25) is 0 Å². The average Bonchev–Trinajstić information content (AvgIpc) is 2.43. The largest absolute Gasteiger partial charge is 0.391 e. The van der Waals surface area contributed by atoms with Gasteiger partial charge in [-0.2, -0.15) is 10.5 Å². The fourth-order valence-electron chi connectivity index (χ4n) is 4.60. The number of nitriles is 2. The highest BCUT2D eigenvalue weighted by atomic mass is 16.3. The Hall–Kier alpha value is -1.06. The number of hydrogen-bond acceptors (Lipinski definition) is 3. The lowest BCUT2D eigenvalue weighted by molar-refractivity contribution is -0.120. The van der Waals surface area contributed by atoms with E-state index in [0.717, 1.165) is 19.3 Å². The topological polar surface area (TPSA) is 67.8 Å². The molecule has 0 saturated heterocycles. The van der Waals surface area contributed by atoms with E-state index in [-0.39, 0.29) is 17.3 Å². The Morgan fingerprint density at radius 2 is 1.60 bits per heavy atom. The first-order valence-corrected chi connectivity index (χ1v) is 7.79. The summed E-state index contributed by atoms with van der Waals surface area (Å²) in [6.45, 7) is 8.32. The number of rotatable bonds is 1. The molecule has 2 saturated carbocycles. The predicted octanol–water partition coefficient (Wildman–Crippen LogP) is 3.50. The molecule has 0 heterocycles. The van der Waals surface area contributed by atoms with Gasteiger partial charge in [-0.05, 0) is 63.2 Å². The standard InChI is InChI=1S/C17H26N2O/c1-11(2)12-5-7-16(3,9-18)13-6-8-17(4,10-19)15(20)14(12)13/h11-15,20H,5-8H2,1-4H3/t12-,13+,14-,15-,16+,17+/m1/s1. The molecule has 2 fully saturated rings. The molecule has 0 aliphatic heterocycles. The molecule has 2 rings (SSSR count). The Balaban J connectivity index is 2.41. The van der Waals surface area contributed by atoms with Crippen molar-refractivity contribution < 1.29 is 5.11 Å². The van der Waals surface area contributed by atoms with Crippen molar-refractivity contribution in [3.8, 4) is 12.1 Å². The first-order valence-electron chi connectivity index (χ1n) is 7.79. The molecule has 2 aliphatic carbocycles. The smallest absolute Gasteiger partial charge is 0.0807 e. The third-order valence-corrected chi connectivity index (χ3v) is 6.13. The molecule has 0 aromatic heterocycles. The number of aliphatic hydroxyl groups excluding tert-OH is 1.